The highest BCUT2D eigenvalue weighted by Gasteiger charge is 2.28. The third-order valence-electron chi connectivity index (χ3n) is 5.45. The third kappa shape index (κ3) is 4.72. The number of sulfone groups is 1. The molecular weight excluding hydrogens is 436 g/mol. The minimum atomic E-state index is -2.97. The van der Waals surface area contributed by atoms with E-state index in [9.17, 15) is 18.0 Å². The maximum absolute atomic E-state index is 12.5. The molecule has 1 atom stereocenters. The molecule has 3 aromatic rings. The van der Waals surface area contributed by atoms with Crippen LogP contribution in [0.5, 0.6) is 0 Å². The topological polar surface area (TPSA) is 144 Å². The second-order valence-electron chi connectivity index (χ2n) is 7.89. The van der Waals surface area contributed by atoms with E-state index in [2.05, 4.69) is 15.6 Å². The molecule has 2 aromatic heterocycles. The zero-order valence-corrected chi connectivity index (χ0v) is 18.1. The van der Waals surface area contributed by atoms with E-state index in [0.29, 0.717) is 29.8 Å². The molecule has 168 valence electrons. The minimum absolute atomic E-state index is 0.0452. The fraction of sp³-hybridized carbons (Fsp3) is 0.333. The Morgan fingerprint density at radius 2 is 2.12 bits per heavy atom. The number of hydrogen-bond donors (Lipinski definition) is 2. The number of aromatic nitrogens is 3. The standard InChI is InChI=1S/C21H22N4O6S/c1-13-8-15(20(26)22-9-14-5-7-32(29,30)12-14)2-3-17(13)18-11-25(24-23-18)10-16-4-6-31-19(16)21(27)28/h2-4,6,8,11,14H,5,7,9-10,12H2,1H3,(H,22,26)(H,27,28). The van der Waals surface area contributed by atoms with Gasteiger partial charge in [0.25, 0.3) is 5.91 Å². The van der Waals surface area contributed by atoms with Crippen LogP contribution in [-0.4, -0.2) is 58.4 Å². The number of aryl methyl sites for hydroxylation is 1. The summed E-state index contributed by atoms with van der Waals surface area (Å²) in [7, 11) is -2.97. The molecule has 0 spiro atoms. The average molecular weight is 458 g/mol. The van der Waals surface area contributed by atoms with Crippen molar-refractivity contribution < 1.29 is 27.5 Å². The molecule has 1 amide bonds. The summed E-state index contributed by atoms with van der Waals surface area (Å²) in [6.07, 6.45) is 3.58. The molecular formula is C21H22N4O6S. The predicted octanol–water partition coefficient (Wildman–Crippen LogP) is 1.76. The fourth-order valence-corrected chi connectivity index (χ4v) is 5.65. The molecule has 3 heterocycles. The van der Waals surface area contributed by atoms with Gasteiger partial charge in [-0.25, -0.2) is 17.9 Å². The van der Waals surface area contributed by atoms with Gasteiger partial charge in [-0.2, -0.15) is 0 Å². The summed E-state index contributed by atoms with van der Waals surface area (Å²) in [5.74, 6) is -1.29. The molecule has 1 fully saturated rings. The number of nitrogens with one attached hydrogen (secondary N) is 1. The van der Waals surface area contributed by atoms with Crippen molar-refractivity contribution in [1.82, 2.24) is 20.3 Å². The van der Waals surface area contributed by atoms with E-state index < -0.39 is 15.8 Å². The Hall–Kier alpha value is -3.47. The minimum Gasteiger partial charge on any atom is -0.475 e. The molecule has 32 heavy (non-hydrogen) atoms. The van der Waals surface area contributed by atoms with Crippen molar-refractivity contribution in [2.24, 2.45) is 5.92 Å². The highest BCUT2D eigenvalue weighted by atomic mass is 32.2. The maximum Gasteiger partial charge on any atom is 0.372 e. The van der Waals surface area contributed by atoms with E-state index >= 15 is 0 Å². The molecule has 1 saturated heterocycles. The molecule has 0 aliphatic carbocycles. The van der Waals surface area contributed by atoms with E-state index in [-0.39, 0.29) is 35.6 Å². The molecule has 1 aromatic carbocycles. The van der Waals surface area contributed by atoms with Crippen LogP contribution in [0.25, 0.3) is 11.3 Å². The monoisotopic (exact) mass is 458 g/mol. The molecule has 1 aliphatic heterocycles. The molecule has 0 bridgehead atoms. The Kier molecular flexibility index (Phi) is 5.83. The fourth-order valence-electron chi connectivity index (χ4n) is 3.79. The highest BCUT2D eigenvalue weighted by Crippen LogP contribution is 2.23. The number of carbonyl (C=O) groups excluding carboxylic acids is 1. The summed E-state index contributed by atoms with van der Waals surface area (Å²) in [6.45, 7) is 2.38. The first-order valence-electron chi connectivity index (χ1n) is 10.0. The number of carbonyl (C=O) groups is 2. The smallest absolute Gasteiger partial charge is 0.372 e. The van der Waals surface area contributed by atoms with Gasteiger partial charge in [-0.15, -0.1) is 5.10 Å². The quantitative estimate of drug-likeness (QED) is 0.545. The van der Waals surface area contributed by atoms with Crippen LogP contribution in [0.2, 0.25) is 0 Å². The first-order chi connectivity index (χ1) is 15.2. The Labute approximate surface area is 184 Å². The molecule has 10 nitrogen and oxygen atoms in total. The lowest BCUT2D eigenvalue weighted by molar-refractivity contribution is 0.0660. The van der Waals surface area contributed by atoms with Crippen LogP contribution >= 0.6 is 0 Å². The van der Waals surface area contributed by atoms with Crippen LogP contribution in [0.3, 0.4) is 0 Å². The van der Waals surface area contributed by atoms with Gasteiger partial charge >= 0.3 is 5.97 Å². The van der Waals surface area contributed by atoms with Crippen molar-refractivity contribution in [3.63, 3.8) is 0 Å². The number of hydrogen-bond acceptors (Lipinski definition) is 7. The van der Waals surface area contributed by atoms with Crippen LogP contribution in [-0.2, 0) is 16.4 Å². The van der Waals surface area contributed by atoms with Crippen LogP contribution in [0.15, 0.2) is 41.1 Å². The van der Waals surface area contributed by atoms with Crippen LogP contribution in [0, 0.1) is 12.8 Å². The van der Waals surface area contributed by atoms with Gasteiger partial charge in [0.1, 0.15) is 5.69 Å². The zero-order chi connectivity index (χ0) is 22.9. The Morgan fingerprint density at radius 3 is 2.81 bits per heavy atom. The number of amides is 1. The van der Waals surface area contributed by atoms with Crippen molar-refractivity contribution in [3.8, 4) is 11.3 Å². The van der Waals surface area contributed by atoms with E-state index in [1.807, 2.05) is 6.92 Å². The lowest BCUT2D eigenvalue weighted by Gasteiger charge is -2.11. The first kappa shape index (κ1) is 21.8. The van der Waals surface area contributed by atoms with Gasteiger partial charge in [0, 0.05) is 23.2 Å². The molecule has 0 radical (unpaired) electrons. The second kappa shape index (κ2) is 8.58. The maximum atomic E-state index is 12.5. The number of carboxylic acid groups (broad SMARTS) is 1. The summed E-state index contributed by atoms with van der Waals surface area (Å²) < 4.78 is 29.6. The summed E-state index contributed by atoms with van der Waals surface area (Å²) in [4.78, 5) is 23.7. The Morgan fingerprint density at radius 1 is 1.31 bits per heavy atom. The van der Waals surface area contributed by atoms with Gasteiger partial charge in [0.2, 0.25) is 5.76 Å². The average Bonchev–Trinajstić information content (AvgIpc) is 3.46. The number of furan rings is 1. The molecule has 2 N–H and O–H groups in total. The number of benzene rings is 1. The molecule has 0 saturated carbocycles. The Bertz CT molecular complexity index is 1280. The van der Waals surface area contributed by atoms with E-state index in [0.717, 1.165) is 11.1 Å². The number of nitrogens with zero attached hydrogens (tertiary/aromatic N) is 3. The second-order valence-corrected chi connectivity index (χ2v) is 10.1. The highest BCUT2D eigenvalue weighted by molar-refractivity contribution is 7.91. The van der Waals surface area contributed by atoms with Crippen molar-refractivity contribution >= 4 is 21.7 Å². The lowest BCUT2D eigenvalue weighted by Crippen LogP contribution is -2.29. The van der Waals surface area contributed by atoms with Gasteiger partial charge < -0.3 is 14.8 Å². The van der Waals surface area contributed by atoms with Crippen molar-refractivity contribution in [2.75, 3.05) is 18.1 Å². The van der Waals surface area contributed by atoms with Gasteiger partial charge in [0.05, 0.1) is 30.5 Å². The molecule has 4 rings (SSSR count). The molecule has 1 aliphatic rings. The molecule has 1 unspecified atom stereocenters. The SMILES string of the molecule is Cc1cc(C(=O)NCC2CCS(=O)(=O)C2)ccc1-c1cn(Cc2ccoc2C(=O)O)nn1. The summed E-state index contributed by atoms with van der Waals surface area (Å²) in [6, 6.07) is 6.78. The van der Waals surface area contributed by atoms with Crippen molar-refractivity contribution in [3.05, 3.63) is 59.2 Å². The van der Waals surface area contributed by atoms with Gasteiger partial charge in [-0.1, -0.05) is 11.3 Å². The van der Waals surface area contributed by atoms with Gasteiger partial charge in [-0.05, 0) is 43.0 Å². The van der Waals surface area contributed by atoms with E-state index in [1.165, 1.54) is 10.9 Å². The first-order valence-corrected chi connectivity index (χ1v) is 11.8. The van der Waals surface area contributed by atoms with Gasteiger partial charge in [-0.3, -0.25) is 4.79 Å². The van der Waals surface area contributed by atoms with Gasteiger partial charge in [0.15, 0.2) is 9.84 Å². The van der Waals surface area contributed by atoms with E-state index in [1.54, 1.807) is 30.5 Å². The predicted molar refractivity (Wildman–Crippen MR) is 114 cm³/mol. The third-order valence-corrected chi connectivity index (χ3v) is 7.29. The number of carboxylic acids is 1. The number of rotatable bonds is 7. The van der Waals surface area contributed by atoms with Crippen LogP contribution in [0.4, 0.5) is 0 Å². The number of aromatic carboxylic acids is 1. The Balaban J connectivity index is 1.43. The lowest BCUT2D eigenvalue weighted by atomic mass is 10.0. The summed E-state index contributed by atoms with van der Waals surface area (Å²) in [5.41, 5.74) is 3.16. The van der Waals surface area contributed by atoms with Crippen LogP contribution in [0.1, 0.15) is 38.5 Å². The summed E-state index contributed by atoms with van der Waals surface area (Å²) in [5, 5.41) is 20.2. The van der Waals surface area contributed by atoms with Crippen molar-refractivity contribution in [1.29, 1.82) is 0 Å². The largest absolute Gasteiger partial charge is 0.475 e. The normalized spacial score (nSPS) is 17.3. The molecule has 11 heteroatoms. The van der Waals surface area contributed by atoms with Crippen LogP contribution < -0.4 is 5.32 Å². The van der Waals surface area contributed by atoms with Crippen molar-refractivity contribution in [2.45, 2.75) is 19.9 Å². The summed E-state index contributed by atoms with van der Waals surface area (Å²) >= 11 is 0. The van der Waals surface area contributed by atoms with E-state index in [4.69, 9.17) is 9.52 Å². The zero-order valence-electron chi connectivity index (χ0n) is 17.3.